The molecule has 0 aromatic rings. The predicted molar refractivity (Wildman–Crippen MR) is 114 cm³/mol. The minimum atomic E-state index is -2.00. The molecule has 0 saturated carbocycles. The van der Waals surface area contributed by atoms with Crippen molar-refractivity contribution in [3.05, 3.63) is 0 Å². The third-order valence-corrected chi connectivity index (χ3v) is 15.1. The van der Waals surface area contributed by atoms with Gasteiger partial charge in [0.15, 0.2) is 0 Å². The van der Waals surface area contributed by atoms with Crippen LogP contribution in [0.25, 0.3) is 0 Å². The first kappa shape index (κ1) is 23.3. The SMILES string of the molecule is CCO[Si](C)(CC(C)CN1CCN([Si](C)(C)C(C)(C)C)CC1)OCC. The fourth-order valence-corrected chi connectivity index (χ4v) is 9.07. The van der Waals surface area contributed by atoms with Crippen LogP contribution in [-0.4, -0.2) is 72.2 Å². The van der Waals surface area contributed by atoms with E-state index in [0.29, 0.717) is 11.0 Å². The fraction of sp³-hybridized carbons (Fsp3) is 1.00. The molecule has 0 N–H and O–H groups in total. The average molecular weight is 389 g/mol. The Morgan fingerprint density at radius 2 is 1.40 bits per heavy atom. The second-order valence-electron chi connectivity index (χ2n) is 9.41. The van der Waals surface area contributed by atoms with Crippen molar-refractivity contribution in [2.75, 3.05) is 45.9 Å². The first-order valence-corrected chi connectivity index (χ1v) is 15.7. The van der Waals surface area contributed by atoms with Crippen LogP contribution >= 0.6 is 0 Å². The van der Waals surface area contributed by atoms with Crippen molar-refractivity contribution in [3.8, 4) is 0 Å². The summed E-state index contributed by atoms with van der Waals surface area (Å²) in [4.78, 5) is 2.65. The number of hydrogen-bond acceptors (Lipinski definition) is 4. The van der Waals surface area contributed by atoms with Crippen molar-refractivity contribution >= 4 is 16.8 Å². The highest BCUT2D eigenvalue weighted by Crippen LogP contribution is 2.38. The van der Waals surface area contributed by atoms with E-state index in [2.05, 4.69) is 70.6 Å². The average Bonchev–Trinajstić information content (AvgIpc) is 2.46. The third-order valence-electron chi connectivity index (χ3n) is 6.19. The molecule has 0 aliphatic carbocycles. The smallest absolute Gasteiger partial charge is 0.335 e. The van der Waals surface area contributed by atoms with Gasteiger partial charge in [-0.05, 0) is 37.4 Å². The lowest BCUT2D eigenvalue weighted by Crippen LogP contribution is -2.61. The van der Waals surface area contributed by atoms with E-state index in [1.807, 2.05) is 0 Å². The quantitative estimate of drug-likeness (QED) is 0.547. The van der Waals surface area contributed by atoms with Gasteiger partial charge in [-0.15, -0.1) is 0 Å². The van der Waals surface area contributed by atoms with Gasteiger partial charge in [-0.3, -0.25) is 0 Å². The molecular formula is C19H44N2O2Si2. The maximum atomic E-state index is 6.02. The zero-order valence-corrected chi connectivity index (χ0v) is 20.4. The van der Waals surface area contributed by atoms with Crippen LogP contribution in [0.3, 0.4) is 0 Å². The third kappa shape index (κ3) is 6.74. The van der Waals surface area contributed by atoms with Gasteiger partial charge in [0, 0.05) is 45.9 Å². The molecule has 1 atom stereocenters. The van der Waals surface area contributed by atoms with E-state index >= 15 is 0 Å². The lowest BCUT2D eigenvalue weighted by Gasteiger charge is -2.49. The molecule has 1 aliphatic heterocycles. The summed E-state index contributed by atoms with van der Waals surface area (Å²) in [6.45, 7) is 28.6. The van der Waals surface area contributed by atoms with E-state index in [1.54, 1.807) is 0 Å². The molecular weight excluding hydrogens is 344 g/mol. The summed E-state index contributed by atoms with van der Waals surface area (Å²) in [7, 11) is -3.36. The van der Waals surface area contributed by atoms with Crippen LogP contribution in [0.4, 0.5) is 0 Å². The molecule has 1 saturated heterocycles. The molecule has 0 radical (unpaired) electrons. The highest BCUT2D eigenvalue weighted by atomic mass is 28.4. The van der Waals surface area contributed by atoms with Crippen LogP contribution < -0.4 is 0 Å². The van der Waals surface area contributed by atoms with Gasteiger partial charge in [0.2, 0.25) is 0 Å². The molecule has 6 heteroatoms. The monoisotopic (exact) mass is 388 g/mol. The van der Waals surface area contributed by atoms with Crippen molar-refractivity contribution in [2.45, 2.75) is 72.3 Å². The van der Waals surface area contributed by atoms with Gasteiger partial charge < -0.3 is 18.3 Å². The van der Waals surface area contributed by atoms with Crippen LogP contribution in [0, 0.1) is 5.92 Å². The second kappa shape index (κ2) is 9.46. The standard InChI is InChI=1S/C19H44N2O2Si2/c1-10-22-25(9,23-11-2)17-18(3)16-20-12-14-21(15-13-20)24(7,8)19(4,5)6/h18H,10-17H2,1-9H3. The summed E-state index contributed by atoms with van der Waals surface area (Å²) in [5.41, 5.74) is 0. The molecule has 0 aromatic carbocycles. The molecule has 0 amide bonds. The molecule has 0 spiro atoms. The maximum Gasteiger partial charge on any atom is 0.335 e. The van der Waals surface area contributed by atoms with Crippen LogP contribution in [-0.2, 0) is 8.85 Å². The molecule has 1 rings (SSSR count). The Balaban J connectivity index is 2.50. The molecule has 1 unspecified atom stereocenters. The zero-order valence-electron chi connectivity index (χ0n) is 18.4. The van der Waals surface area contributed by atoms with E-state index in [4.69, 9.17) is 8.85 Å². The highest BCUT2D eigenvalue weighted by molar-refractivity contribution is 6.77. The Hall–Kier alpha value is 0.274. The van der Waals surface area contributed by atoms with Crippen LogP contribution in [0.5, 0.6) is 0 Å². The Morgan fingerprint density at radius 3 is 1.80 bits per heavy atom. The zero-order chi connectivity index (χ0) is 19.3. The lowest BCUT2D eigenvalue weighted by atomic mass is 10.2. The van der Waals surface area contributed by atoms with Crippen molar-refractivity contribution < 1.29 is 8.85 Å². The van der Waals surface area contributed by atoms with E-state index in [9.17, 15) is 0 Å². The Labute approximate surface area is 159 Å². The molecule has 25 heavy (non-hydrogen) atoms. The van der Waals surface area contributed by atoms with E-state index < -0.39 is 16.8 Å². The van der Waals surface area contributed by atoms with Crippen LogP contribution in [0.15, 0.2) is 0 Å². The minimum absolute atomic E-state index is 0.435. The Kier molecular flexibility index (Phi) is 8.83. The predicted octanol–water partition coefficient (Wildman–Crippen LogP) is 4.39. The minimum Gasteiger partial charge on any atom is -0.395 e. The van der Waals surface area contributed by atoms with E-state index in [1.165, 1.54) is 32.7 Å². The van der Waals surface area contributed by atoms with Gasteiger partial charge in [-0.1, -0.05) is 40.8 Å². The first-order valence-electron chi connectivity index (χ1n) is 10.2. The molecule has 1 fully saturated rings. The Bertz CT molecular complexity index is 385. The number of rotatable bonds is 9. The largest absolute Gasteiger partial charge is 0.395 e. The lowest BCUT2D eigenvalue weighted by molar-refractivity contribution is 0.152. The molecule has 1 aliphatic rings. The van der Waals surface area contributed by atoms with Gasteiger partial charge in [-0.25, -0.2) is 0 Å². The van der Waals surface area contributed by atoms with Crippen LogP contribution in [0.1, 0.15) is 41.5 Å². The molecule has 150 valence electrons. The van der Waals surface area contributed by atoms with Gasteiger partial charge in [-0.2, -0.15) is 0 Å². The van der Waals surface area contributed by atoms with E-state index in [-0.39, 0.29) is 0 Å². The van der Waals surface area contributed by atoms with Gasteiger partial charge in [0.25, 0.3) is 0 Å². The number of hydrogen-bond donors (Lipinski definition) is 0. The normalized spacial score (nSPS) is 20.0. The molecule has 0 bridgehead atoms. The fourth-order valence-electron chi connectivity index (χ4n) is 3.87. The van der Waals surface area contributed by atoms with Gasteiger partial charge in [0.1, 0.15) is 8.24 Å². The first-order chi connectivity index (χ1) is 11.4. The summed E-state index contributed by atoms with van der Waals surface area (Å²) < 4.78 is 14.9. The summed E-state index contributed by atoms with van der Waals surface area (Å²) in [5.74, 6) is 0.634. The molecule has 0 aromatic heterocycles. The second-order valence-corrected chi connectivity index (χ2v) is 17.9. The van der Waals surface area contributed by atoms with Crippen LogP contribution in [0.2, 0.25) is 30.7 Å². The molecule has 1 heterocycles. The van der Waals surface area contributed by atoms with Gasteiger partial charge >= 0.3 is 8.56 Å². The summed E-state index contributed by atoms with van der Waals surface area (Å²) in [5, 5.41) is 0.435. The van der Waals surface area contributed by atoms with E-state index in [0.717, 1.165) is 19.3 Å². The van der Waals surface area contributed by atoms with Crippen molar-refractivity contribution in [2.24, 2.45) is 5.92 Å². The summed E-state index contributed by atoms with van der Waals surface area (Å²) in [6.07, 6.45) is 0. The summed E-state index contributed by atoms with van der Waals surface area (Å²) >= 11 is 0. The number of nitrogens with zero attached hydrogens (tertiary/aromatic N) is 2. The van der Waals surface area contributed by atoms with Crippen molar-refractivity contribution in [1.29, 1.82) is 0 Å². The summed E-state index contributed by atoms with van der Waals surface area (Å²) in [6, 6.07) is 1.09. The Morgan fingerprint density at radius 1 is 0.920 bits per heavy atom. The topological polar surface area (TPSA) is 24.9 Å². The number of piperazine rings is 1. The maximum absolute atomic E-state index is 6.02. The van der Waals surface area contributed by atoms with Gasteiger partial charge in [0.05, 0.1) is 0 Å². The molecule has 4 nitrogen and oxygen atoms in total. The van der Waals surface area contributed by atoms with Crippen molar-refractivity contribution in [3.63, 3.8) is 0 Å². The van der Waals surface area contributed by atoms with Crippen molar-refractivity contribution in [1.82, 2.24) is 9.47 Å². The highest BCUT2D eigenvalue weighted by Gasteiger charge is 2.42.